The maximum Gasteiger partial charge on any atom is 0.245 e. The molecule has 88 valence electrons. The number of hydrogen-bond acceptors (Lipinski definition) is 3. The number of amides is 1. The van der Waals surface area contributed by atoms with Crippen molar-refractivity contribution in [3.8, 4) is 0 Å². The van der Waals surface area contributed by atoms with E-state index in [4.69, 9.17) is 10.6 Å². The minimum atomic E-state index is -0.490. The molecule has 17 heavy (non-hydrogen) atoms. The van der Waals surface area contributed by atoms with E-state index in [0.717, 1.165) is 5.56 Å². The van der Waals surface area contributed by atoms with Crippen LogP contribution in [-0.4, -0.2) is 12.5 Å². The monoisotopic (exact) mass is 230 g/mol. The molecule has 0 aliphatic rings. The molecule has 1 amide bonds. The van der Waals surface area contributed by atoms with Crippen LogP contribution in [-0.2, 0) is 16.2 Å². The first kappa shape index (κ1) is 11.6. The van der Waals surface area contributed by atoms with Gasteiger partial charge in [0, 0.05) is 6.54 Å². The maximum absolute atomic E-state index is 10.4. The van der Waals surface area contributed by atoms with Gasteiger partial charge in [-0.25, -0.2) is 0 Å². The van der Waals surface area contributed by atoms with Crippen LogP contribution in [0.2, 0.25) is 0 Å². The second kappa shape index (κ2) is 5.43. The Morgan fingerprint density at radius 2 is 1.94 bits per heavy atom. The molecule has 0 saturated heterocycles. The molecular weight excluding hydrogens is 216 g/mol. The molecule has 2 rings (SSSR count). The molecule has 0 heterocycles. The van der Waals surface area contributed by atoms with Gasteiger partial charge in [-0.2, -0.15) is 5.48 Å². The van der Waals surface area contributed by atoms with Crippen molar-refractivity contribution < 1.29 is 9.63 Å². The Balaban J connectivity index is 1.97. The van der Waals surface area contributed by atoms with Gasteiger partial charge in [0.2, 0.25) is 5.91 Å². The third-order valence-corrected chi connectivity index (χ3v) is 2.41. The summed E-state index contributed by atoms with van der Waals surface area (Å²) in [5.41, 5.74) is 8.73. The van der Waals surface area contributed by atoms with Crippen molar-refractivity contribution in [1.29, 1.82) is 0 Å². The highest BCUT2D eigenvalue weighted by atomic mass is 16.6. The number of fused-ring (bicyclic) bond motifs is 1. The lowest BCUT2D eigenvalue weighted by Gasteiger charge is -2.05. The van der Waals surface area contributed by atoms with Crippen molar-refractivity contribution in [2.45, 2.75) is 6.54 Å². The summed E-state index contributed by atoms with van der Waals surface area (Å²) in [6, 6.07) is 14.3. The van der Waals surface area contributed by atoms with Gasteiger partial charge in [0.15, 0.2) is 0 Å². The van der Waals surface area contributed by atoms with Crippen LogP contribution in [0.1, 0.15) is 5.56 Å². The van der Waals surface area contributed by atoms with Gasteiger partial charge in [-0.15, -0.1) is 0 Å². The summed E-state index contributed by atoms with van der Waals surface area (Å²) in [5.74, 6) is -0.490. The van der Waals surface area contributed by atoms with E-state index in [2.05, 4.69) is 29.7 Å². The Morgan fingerprint density at radius 1 is 1.18 bits per heavy atom. The minimum absolute atomic E-state index is 0.117. The van der Waals surface area contributed by atoms with Crippen LogP contribution < -0.4 is 11.2 Å². The molecule has 0 aliphatic carbocycles. The van der Waals surface area contributed by atoms with Crippen LogP contribution in [0.25, 0.3) is 10.8 Å². The minimum Gasteiger partial charge on any atom is -0.368 e. The molecule has 0 saturated carbocycles. The molecule has 0 unspecified atom stereocenters. The third-order valence-electron chi connectivity index (χ3n) is 2.41. The van der Waals surface area contributed by atoms with Gasteiger partial charge >= 0.3 is 0 Å². The molecule has 0 aromatic heterocycles. The highest BCUT2D eigenvalue weighted by Crippen LogP contribution is 2.15. The molecular formula is C13H14N2O2. The van der Waals surface area contributed by atoms with Crippen molar-refractivity contribution in [2.75, 3.05) is 6.61 Å². The van der Waals surface area contributed by atoms with Crippen LogP contribution in [0.5, 0.6) is 0 Å². The summed E-state index contributed by atoms with van der Waals surface area (Å²) in [4.78, 5) is 15.3. The van der Waals surface area contributed by atoms with Gasteiger partial charge in [0.1, 0.15) is 6.61 Å². The smallest absolute Gasteiger partial charge is 0.245 e. The van der Waals surface area contributed by atoms with Crippen molar-refractivity contribution in [1.82, 2.24) is 5.48 Å². The van der Waals surface area contributed by atoms with E-state index in [1.807, 2.05) is 18.2 Å². The zero-order valence-corrected chi connectivity index (χ0v) is 9.35. The van der Waals surface area contributed by atoms with Crippen LogP contribution in [0, 0.1) is 0 Å². The van der Waals surface area contributed by atoms with E-state index in [1.54, 1.807) is 0 Å². The first-order valence-corrected chi connectivity index (χ1v) is 5.36. The Hall–Kier alpha value is -1.91. The van der Waals surface area contributed by atoms with Gasteiger partial charge in [-0.3, -0.25) is 9.63 Å². The summed E-state index contributed by atoms with van der Waals surface area (Å²) < 4.78 is 0. The number of hydrogen-bond donors (Lipinski definition) is 2. The van der Waals surface area contributed by atoms with Crippen LogP contribution >= 0.6 is 0 Å². The van der Waals surface area contributed by atoms with Crippen LogP contribution in [0.15, 0.2) is 42.5 Å². The summed E-state index contributed by atoms with van der Waals surface area (Å²) in [6.45, 7) is 0.422. The van der Waals surface area contributed by atoms with Gasteiger partial charge in [-0.05, 0) is 22.4 Å². The molecule has 0 fully saturated rings. The fourth-order valence-electron chi connectivity index (χ4n) is 1.61. The van der Waals surface area contributed by atoms with E-state index in [-0.39, 0.29) is 6.61 Å². The highest BCUT2D eigenvalue weighted by molar-refractivity contribution is 5.82. The highest BCUT2D eigenvalue weighted by Gasteiger charge is 1.97. The van der Waals surface area contributed by atoms with E-state index >= 15 is 0 Å². The fourth-order valence-corrected chi connectivity index (χ4v) is 1.61. The van der Waals surface area contributed by atoms with E-state index in [9.17, 15) is 4.79 Å². The molecule has 0 radical (unpaired) electrons. The third kappa shape index (κ3) is 3.27. The van der Waals surface area contributed by atoms with Crippen LogP contribution in [0.4, 0.5) is 0 Å². The molecule has 4 nitrogen and oxygen atoms in total. The largest absolute Gasteiger partial charge is 0.368 e. The molecule has 0 spiro atoms. The zero-order valence-electron chi connectivity index (χ0n) is 9.35. The average molecular weight is 230 g/mol. The molecule has 0 bridgehead atoms. The van der Waals surface area contributed by atoms with Crippen LogP contribution in [0.3, 0.4) is 0 Å². The van der Waals surface area contributed by atoms with Gasteiger partial charge in [-0.1, -0.05) is 36.4 Å². The Labute approximate surface area is 99.3 Å². The molecule has 2 aromatic carbocycles. The first-order valence-electron chi connectivity index (χ1n) is 5.36. The van der Waals surface area contributed by atoms with Crippen molar-refractivity contribution in [3.63, 3.8) is 0 Å². The quantitative estimate of drug-likeness (QED) is 0.602. The average Bonchev–Trinajstić information content (AvgIpc) is 2.34. The number of benzene rings is 2. The number of carbonyl (C=O) groups is 1. The van der Waals surface area contributed by atoms with Crippen molar-refractivity contribution in [2.24, 2.45) is 5.73 Å². The van der Waals surface area contributed by atoms with E-state index in [0.29, 0.717) is 6.54 Å². The molecule has 4 heteroatoms. The van der Waals surface area contributed by atoms with Gasteiger partial charge < -0.3 is 5.73 Å². The number of carbonyl (C=O) groups excluding carboxylic acids is 1. The lowest BCUT2D eigenvalue weighted by atomic mass is 10.1. The number of nitrogens with two attached hydrogens (primary N) is 1. The van der Waals surface area contributed by atoms with E-state index < -0.39 is 5.91 Å². The predicted octanol–water partition coefficient (Wildman–Crippen LogP) is 1.35. The molecule has 0 aliphatic heterocycles. The lowest BCUT2D eigenvalue weighted by molar-refractivity contribution is -0.125. The Bertz CT molecular complexity index is 526. The van der Waals surface area contributed by atoms with Crippen molar-refractivity contribution >= 4 is 16.7 Å². The Kier molecular flexibility index (Phi) is 3.69. The number of rotatable bonds is 5. The standard InChI is InChI=1S/C13H14N2O2/c14-13(16)9-17-15-8-10-5-6-11-3-1-2-4-12(11)7-10/h1-7,15H,8-9H2,(H2,14,16). The fraction of sp³-hybridized carbons (Fsp3) is 0.154. The van der Waals surface area contributed by atoms with Crippen molar-refractivity contribution in [3.05, 3.63) is 48.0 Å². The predicted molar refractivity (Wildman–Crippen MR) is 65.9 cm³/mol. The maximum atomic E-state index is 10.4. The first-order chi connectivity index (χ1) is 8.25. The topological polar surface area (TPSA) is 64.4 Å². The van der Waals surface area contributed by atoms with Gasteiger partial charge in [0.25, 0.3) is 0 Å². The van der Waals surface area contributed by atoms with Gasteiger partial charge in [0.05, 0.1) is 0 Å². The number of primary amides is 1. The summed E-state index contributed by atoms with van der Waals surface area (Å²) in [6.07, 6.45) is 0. The second-order valence-electron chi connectivity index (χ2n) is 3.76. The molecule has 0 atom stereocenters. The summed E-state index contributed by atoms with van der Waals surface area (Å²) in [5, 5.41) is 2.39. The molecule has 2 aromatic rings. The summed E-state index contributed by atoms with van der Waals surface area (Å²) >= 11 is 0. The zero-order chi connectivity index (χ0) is 12.1. The van der Waals surface area contributed by atoms with E-state index in [1.165, 1.54) is 10.8 Å². The summed E-state index contributed by atoms with van der Waals surface area (Å²) in [7, 11) is 0. The Morgan fingerprint density at radius 3 is 2.71 bits per heavy atom. The lowest BCUT2D eigenvalue weighted by Crippen LogP contribution is -2.24. The second-order valence-corrected chi connectivity index (χ2v) is 3.76. The molecule has 3 N–H and O–H groups in total. The normalized spacial score (nSPS) is 10.6. The SMILES string of the molecule is NC(=O)CONCc1ccc2ccccc2c1. The number of nitrogens with one attached hydrogen (secondary N) is 1. The number of hydroxylamine groups is 1.